The monoisotopic (exact) mass is 327 g/mol. The Hall–Kier alpha value is -1.79. The number of nitrogens with zero attached hydrogens (tertiary/aromatic N) is 1. The summed E-state index contributed by atoms with van der Waals surface area (Å²) in [5.74, 6) is -1.10. The molecule has 0 saturated carbocycles. The van der Waals surface area contributed by atoms with Crippen LogP contribution < -0.4 is 4.74 Å². The van der Waals surface area contributed by atoms with Crippen LogP contribution >= 0.6 is 11.6 Å². The number of ether oxygens (including phenoxy) is 1. The zero-order valence-corrected chi connectivity index (χ0v) is 13.0. The SMILES string of the molecule is CCOc1cc(Cl)ccc1C(=O)N1CCC(O)(C(=O)O)CC1. The standard InChI is InChI=1S/C15H18ClNO5/c1-2-22-12-9-10(16)3-4-11(12)13(18)17-7-5-15(21,6-8-17)14(19)20/h3-4,9,21H,2,5-8H2,1H3,(H,19,20). The van der Waals surface area contributed by atoms with E-state index in [-0.39, 0.29) is 31.8 Å². The second kappa shape index (κ2) is 6.54. The van der Waals surface area contributed by atoms with Gasteiger partial charge in [0.25, 0.3) is 5.91 Å². The first-order valence-electron chi connectivity index (χ1n) is 7.05. The number of hydrogen-bond acceptors (Lipinski definition) is 4. The van der Waals surface area contributed by atoms with Crippen molar-refractivity contribution in [2.45, 2.75) is 25.4 Å². The zero-order chi connectivity index (χ0) is 16.3. The average Bonchev–Trinajstić information content (AvgIpc) is 2.48. The molecule has 1 aliphatic rings. The molecule has 1 heterocycles. The van der Waals surface area contributed by atoms with Crippen LogP contribution in [0.5, 0.6) is 5.75 Å². The van der Waals surface area contributed by atoms with Crippen molar-refractivity contribution in [2.24, 2.45) is 0 Å². The molecule has 6 nitrogen and oxygen atoms in total. The van der Waals surface area contributed by atoms with Crippen LogP contribution in [0.3, 0.4) is 0 Å². The van der Waals surface area contributed by atoms with E-state index in [4.69, 9.17) is 21.4 Å². The lowest BCUT2D eigenvalue weighted by atomic mass is 9.91. The molecule has 7 heteroatoms. The maximum absolute atomic E-state index is 12.6. The summed E-state index contributed by atoms with van der Waals surface area (Å²) in [5.41, 5.74) is -1.37. The molecular weight excluding hydrogens is 310 g/mol. The summed E-state index contributed by atoms with van der Waals surface area (Å²) >= 11 is 5.91. The molecule has 0 spiro atoms. The van der Waals surface area contributed by atoms with Crippen molar-refractivity contribution in [2.75, 3.05) is 19.7 Å². The minimum Gasteiger partial charge on any atom is -0.493 e. The van der Waals surface area contributed by atoms with Gasteiger partial charge in [0.15, 0.2) is 5.60 Å². The van der Waals surface area contributed by atoms with Crippen molar-refractivity contribution in [3.8, 4) is 5.75 Å². The van der Waals surface area contributed by atoms with E-state index >= 15 is 0 Å². The minimum absolute atomic E-state index is 0.00559. The summed E-state index contributed by atoms with van der Waals surface area (Å²) in [5, 5.41) is 19.4. The van der Waals surface area contributed by atoms with Crippen LogP contribution in [0.2, 0.25) is 5.02 Å². The van der Waals surface area contributed by atoms with Gasteiger partial charge < -0.3 is 19.8 Å². The van der Waals surface area contributed by atoms with E-state index in [2.05, 4.69) is 0 Å². The molecule has 1 saturated heterocycles. The number of halogens is 1. The van der Waals surface area contributed by atoms with Gasteiger partial charge in [-0.1, -0.05) is 11.6 Å². The van der Waals surface area contributed by atoms with Gasteiger partial charge in [-0.25, -0.2) is 4.79 Å². The fourth-order valence-corrected chi connectivity index (χ4v) is 2.57. The molecule has 22 heavy (non-hydrogen) atoms. The van der Waals surface area contributed by atoms with E-state index in [0.717, 1.165) is 0 Å². The van der Waals surface area contributed by atoms with Crippen LogP contribution in [-0.2, 0) is 4.79 Å². The van der Waals surface area contributed by atoms with Crippen molar-refractivity contribution in [3.63, 3.8) is 0 Å². The number of carboxylic acid groups (broad SMARTS) is 1. The number of carbonyl (C=O) groups is 2. The number of hydrogen-bond donors (Lipinski definition) is 2. The van der Waals surface area contributed by atoms with Gasteiger partial charge in [0.2, 0.25) is 0 Å². The first-order chi connectivity index (χ1) is 10.4. The van der Waals surface area contributed by atoms with Gasteiger partial charge in [-0.2, -0.15) is 0 Å². The maximum Gasteiger partial charge on any atom is 0.335 e. The van der Waals surface area contributed by atoms with Gasteiger partial charge >= 0.3 is 5.97 Å². The molecule has 0 atom stereocenters. The number of carboxylic acids is 1. The number of benzene rings is 1. The van der Waals surface area contributed by atoms with Gasteiger partial charge in [-0.05, 0) is 25.1 Å². The van der Waals surface area contributed by atoms with Crippen LogP contribution in [-0.4, -0.2) is 52.3 Å². The summed E-state index contributed by atoms with van der Waals surface area (Å²) in [6.07, 6.45) is 0.0112. The minimum atomic E-state index is -1.75. The second-order valence-electron chi connectivity index (χ2n) is 5.20. The number of rotatable bonds is 4. The van der Waals surface area contributed by atoms with Gasteiger partial charge in [0.05, 0.1) is 12.2 Å². The highest BCUT2D eigenvalue weighted by Gasteiger charge is 2.40. The van der Waals surface area contributed by atoms with Crippen molar-refractivity contribution < 1.29 is 24.5 Å². The van der Waals surface area contributed by atoms with Crippen LogP contribution in [0.4, 0.5) is 0 Å². The molecule has 2 rings (SSSR count). The number of aliphatic carboxylic acids is 1. The Labute approximate surface area is 133 Å². The highest BCUT2D eigenvalue weighted by Crippen LogP contribution is 2.28. The Balaban J connectivity index is 2.15. The van der Waals surface area contributed by atoms with Gasteiger partial charge in [0, 0.05) is 31.0 Å². The molecule has 2 N–H and O–H groups in total. The van der Waals surface area contributed by atoms with Crippen molar-refractivity contribution in [3.05, 3.63) is 28.8 Å². The highest BCUT2D eigenvalue weighted by atomic mass is 35.5. The third-order valence-electron chi connectivity index (χ3n) is 3.75. The number of likely N-dealkylation sites (tertiary alicyclic amines) is 1. The number of carbonyl (C=O) groups excluding carboxylic acids is 1. The Bertz CT molecular complexity index is 581. The molecule has 0 radical (unpaired) electrons. The second-order valence-corrected chi connectivity index (χ2v) is 5.64. The molecule has 1 aromatic carbocycles. The molecule has 0 unspecified atom stereocenters. The van der Waals surface area contributed by atoms with E-state index in [1.165, 1.54) is 4.90 Å². The number of aliphatic hydroxyl groups is 1. The van der Waals surface area contributed by atoms with E-state index in [1.807, 2.05) is 6.92 Å². The number of amides is 1. The Morgan fingerprint density at radius 2 is 2.00 bits per heavy atom. The molecule has 0 aromatic heterocycles. The van der Waals surface area contributed by atoms with Crippen molar-refractivity contribution >= 4 is 23.5 Å². The summed E-state index contributed by atoms with van der Waals surface area (Å²) < 4.78 is 5.43. The van der Waals surface area contributed by atoms with E-state index in [9.17, 15) is 14.7 Å². The normalized spacial score (nSPS) is 17.1. The predicted molar refractivity (Wildman–Crippen MR) is 80.3 cm³/mol. The maximum atomic E-state index is 12.6. The smallest absolute Gasteiger partial charge is 0.335 e. The van der Waals surface area contributed by atoms with Crippen LogP contribution in [0.25, 0.3) is 0 Å². The fourth-order valence-electron chi connectivity index (χ4n) is 2.41. The largest absolute Gasteiger partial charge is 0.493 e. The molecule has 1 fully saturated rings. The molecule has 1 aromatic rings. The third-order valence-corrected chi connectivity index (χ3v) is 3.98. The lowest BCUT2D eigenvalue weighted by Crippen LogP contribution is -2.50. The van der Waals surface area contributed by atoms with Crippen LogP contribution in [0.15, 0.2) is 18.2 Å². The van der Waals surface area contributed by atoms with Crippen LogP contribution in [0.1, 0.15) is 30.1 Å². The first-order valence-corrected chi connectivity index (χ1v) is 7.42. The van der Waals surface area contributed by atoms with Gasteiger partial charge in [-0.15, -0.1) is 0 Å². The lowest BCUT2D eigenvalue weighted by molar-refractivity contribution is -0.162. The highest BCUT2D eigenvalue weighted by molar-refractivity contribution is 6.30. The third kappa shape index (κ3) is 3.34. The topological polar surface area (TPSA) is 87.1 Å². The molecule has 0 aliphatic carbocycles. The van der Waals surface area contributed by atoms with E-state index < -0.39 is 11.6 Å². The molecule has 1 amide bonds. The van der Waals surface area contributed by atoms with Gasteiger partial charge in [0.1, 0.15) is 5.75 Å². The van der Waals surface area contributed by atoms with Crippen LogP contribution in [0, 0.1) is 0 Å². The molecule has 120 valence electrons. The fraction of sp³-hybridized carbons (Fsp3) is 0.467. The zero-order valence-electron chi connectivity index (χ0n) is 12.2. The quantitative estimate of drug-likeness (QED) is 0.880. The predicted octanol–water partition coefficient (Wildman–Crippen LogP) is 1.79. The molecule has 1 aliphatic heterocycles. The van der Waals surface area contributed by atoms with E-state index in [1.54, 1.807) is 18.2 Å². The Morgan fingerprint density at radius 1 is 1.36 bits per heavy atom. The number of piperidine rings is 1. The van der Waals surface area contributed by atoms with Gasteiger partial charge in [-0.3, -0.25) is 4.79 Å². The molecule has 0 bridgehead atoms. The van der Waals surface area contributed by atoms with E-state index in [0.29, 0.717) is 22.9 Å². The first kappa shape index (κ1) is 16.6. The van der Waals surface area contributed by atoms with Crippen molar-refractivity contribution in [1.82, 2.24) is 4.90 Å². The summed E-state index contributed by atoms with van der Waals surface area (Å²) in [6.45, 7) is 2.56. The summed E-state index contributed by atoms with van der Waals surface area (Å²) in [6, 6.07) is 4.78. The Kier molecular flexibility index (Phi) is 4.93. The lowest BCUT2D eigenvalue weighted by Gasteiger charge is -2.35. The Morgan fingerprint density at radius 3 is 2.55 bits per heavy atom. The molecular formula is C15H18ClNO5. The summed E-state index contributed by atoms with van der Waals surface area (Å²) in [7, 11) is 0. The summed E-state index contributed by atoms with van der Waals surface area (Å²) in [4.78, 5) is 25.1. The average molecular weight is 328 g/mol. The van der Waals surface area contributed by atoms with Crippen molar-refractivity contribution in [1.29, 1.82) is 0 Å².